The van der Waals surface area contributed by atoms with Gasteiger partial charge in [0.25, 0.3) is 5.69 Å². The average Bonchev–Trinajstić information content (AvgIpc) is 3.05. The first-order valence-electron chi connectivity index (χ1n) is 7.78. The number of hydrogen-bond acceptors (Lipinski definition) is 5. The van der Waals surface area contributed by atoms with Crippen LogP contribution in [0, 0.1) is 16.0 Å². The number of nitrogens with zero attached hydrogens (tertiary/aromatic N) is 1. The Hall–Kier alpha value is -3.02. The number of hydrogen-bond donors (Lipinski definition) is 3. The number of para-hydroxylation sites is 1. The minimum Gasteiger partial charge on any atom is -0.508 e. The first-order valence-corrected chi connectivity index (χ1v) is 7.78. The molecule has 3 N–H and O–H groups in total. The molecule has 6 nitrogen and oxygen atoms in total. The number of rotatable bonds is 2. The van der Waals surface area contributed by atoms with Crippen molar-refractivity contribution < 1.29 is 15.1 Å². The molecule has 122 valence electrons. The fourth-order valence-corrected chi connectivity index (χ4v) is 3.82. The number of anilines is 1. The Morgan fingerprint density at radius 3 is 2.75 bits per heavy atom. The van der Waals surface area contributed by atoms with Crippen molar-refractivity contribution in [3.8, 4) is 11.5 Å². The standard InChI is InChI=1S/C18H16N2O4/c21-15-8-7-10(20(23)24)9-14(15)17-12-4-1-3-11(12)13-5-2-6-16(22)18(13)19-17/h1-3,5-9,11-12,17,19,21-22H,4H2. The van der Waals surface area contributed by atoms with Crippen molar-refractivity contribution in [2.24, 2.45) is 5.92 Å². The Morgan fingerprint density at radius 2 is 1.96 bits per heavy atom. The highest BCUT2D eigenvalue weighted by molar-refractivity contribution is 5.67. The maximum atomic E-state index is 11.1. The molecule has 1 aliphatic heterocycles. The number of allylic oxidation sites excluding steroid dienone is 2. The van der Waals surface area contributed by atoms with Crippen LogP contribution in [0.15, 0.2) is 48.6 Å². The summed E-state index contributed by atoms with van der Waals surface area (Å²) in [5.41, 5.74) is 2.06. The Morgan fingerprint density at radius 1 is 1.12 bits per heavy atom. The van der Waals surface area contributed by atoms with Crippen LogP contribution < -0.4 is 5.32 Å². The number of fused-ring (bicyclic) bond motifs is 3. The Bertz CT molecular complexity index is 862. The number of nitro benzene ring substituents is 1. The van der Waals surface area contributed by atoms with Crippen LogP contribution in [0.1, 0.15) is 29.5 Å². The average molecular weight is 324 g/mol. The molecule has 3 atom stereocenters. The maximum absolute atomic E-state index is 11.1. The van der Waals surface area contributed by atoms with Crippen LogP contribution >= 0.6 is 0 Å². The number of benzene rings is 2. The van der Waals surface area contributed by atoms with Gasteiger partial charge in [0.05, 0.1) is 16.7 Å². The zero-order valence-corrected chi connectivity index (χ0v) is 12.7. The normalized spacial score (nSPS) is 24.1. The van der Waals surface area contributed by atoms with E-state index in [0.29, 0.717) is 11.3 Å². The lowest BCUT2D eigenvalue weighted by atomic mass is 9.76. The molecule has 24 heavy (non-hydrogen) atoms. The Balaban J connectivity index is 1.84. The highest BCUT2D eigenvalue weighted by atomic mass is 16.6. The number of phenols is 2. The molecule has 1 heterocycles. The Kier molecular flexibility index (Phi) is 3.19. The third-order valence-electron chi connectivity index (χ3n) is 4.93. The monoisotopic (exact) mass is 324 g/mol. The van der Waals surface area contributed by atoms with Crippen LogP contribution in [0.5, 0.6) is 11.5 Å². The van der Waals surface area contributed by atoms with Crippen molar-refractivity contribution in [3.05, 3.63) is 69.8 Å². The molecule has 2 aromatic carbocycles. The van der Waals surface area contributed by atoms with Crippen LogP contribution in [0.3, 0.4) is 0 Å². The molecule has 2 aliphatic rings. The van der Waals surface area contributed by atoms with Crippen LogP contribution in [-0.2, 0) is 0 Å². The van der Waals surface area contributed by atoms with Gasteiger partial charge >= 0.3 is 0 Å². The predicted molar refractivity (Wildman–Crippen MR) is 89.2 cm³/mol. The molecule has 0 saturated heterocycles. The van der Waals surface area contributed by atoms with Crippen molar-refractivity contribution in [3.63, 3.8) is 0 Å². The summed E-state index contributed by atoms with van der Waals surface area (Å²) < 4.78 is 0. The van der Waals surface area contributed by atoms with Gasteiger partial charge in [0.1, 0.15) is 11.5 Å². The number of nitrogens with one attached hydrogen (secondary N) is 1. The highest BCUT2D eigenvalue weighted by Gasteiger charge is 2.40. The van der Waals surface area contributed by atoms with Crippen LogP contribution in [0.25, 0.3) is 0 Å². The topological polar surface area (TPSA) is 95.6 Å². The summed E-state index contributed by atoms with van der Waals surface area (Å²) >= 11 is 0. The molecule has 2 aromatic rings. The van der Waals surface area contributed by atoms with Crippen molar-refractivity contribution in [1.82, 2.24) is 0 Å². The van der Waals surface area contributed by atoms with E-state index in [-0.39, 0.29) is 35.1 Å². The molecule has 0 amide bonds. The summed E-state index contributed by atoms with van der Waals surface area (Å²) in [6.45, 7) is 0. The Labute approximate surface area is 138 Å². The van der Waals surface area contributed by atoms with E-state index in [9.17, 15) is 20.3 Å². The summed E-state index contributed by atoms with van der Waals surface area (Å²) in [5.74, 6) is 0.396. The third-order valence-corrected chi connectivity index (χ3v) is 4.93. The molecule has 0 saturated carbocycles. The van der Waals surface area contributed by atoms with E-state index < -0.39 is 4.92 Å². The molecule has 1 aliphatic carbocycles. The maximum Gasteiger partial charge on any atom is 0.270 e. The molecular formula is C18H16N2O4. The van der Waals surface area contributed by atoms with Crippen LogP contribution in [0.4, 0.5) is 11.4 Å². The van der Waals surface area contributed by atoms with E-state index in [1.54, 1.807) is 6.07 Å². The zero-order valence-electron chi connectivity index (χ0n) is 12.7. The van der Waals surface area contributed by atoms with Gasteiger partial charge in [-0.3, -0.25) is 10.1 Å². The van der Waals surface area contributed by atoms with Crippen LogP contribution in [0.2, 0.25) is 0 Å². The minimum atomic E-state index is -0.471. The van der Waals surface area contributed by atoms with Crippen molar-refractivity contribution in [2.45, 2.75) is 18.4 Å². The molecule has 0 spiro atoms. The predicted octanol–water partition coefficient (Wildman–Crippen LogP) is 3.83. The summed E-state index contributed by atoms with van der Waals surface area (Å²) in [7, 11) is 0. The van der Waals surface area contributed by atoms with Gasteiger partial charge in [0.2, 0.25) is 0 Å². The fourth-order valence-electron chi connectivity index (χ4n) is 3.82. The van der Waals surface area contributed by atoms with Gasteiger partial charge in [-0.15, -0.1) is 0 Å². The third kappa shape index (κ3) is 2.11. The SMILES string of the molecule is O=[N+]([O-])c1ccc(O)c(C2Nc3c(O)cccc3C3C=CCC32)c1. The summed E-state index contributed by atoms with van der Waals surface area (Å²) in [6.07, 6.45) is 4.99. The van der Waals surface area contributed by atoms with E-state index in [4.69, 9.17) is 0 Å². The lowest BCUT2D eigenvalue weighted by Gasteiger charge is -2.37. The molecule has 0 radical (unpaired) electrons. The lowest BCUT2D eigenvalue weighted by Crippen LogP contribution is -2.29. The minimum absolute atomic E-state index is 0.0163. The highest BCUT2D eigenvalue weighted by Crippen LogP contribution is 2.53. The van der Waals surface area contributed by atoms with Gasteiger partial charge in [-0.2, -0.15) is 0 Å². The second-order valence-electron chi connectivity index (χ2n) is 6.22. The number of phenolic OH excluding ortho intramolecular Hbond substituents is 2. The van der Waals surface area contributed by atoms with Gasteiger partial charge in [-0.05, 0) is 30.0 Å². The summed E-state index contributed by atoms with van der Waals surface area (Å²) in [5, 5.41) is 34.8. The van der Waals surface area contributed by atoms with E-state index in [1.165, 1.54) is 18.2 Å². The van der Waals surface area contributed by atoms with Gasteiger partial charge < -0.3 is 15.5 Å². The van der Waals surface area contributed by atoms with Crippen molar-refractivity contribution >= 4 is 11.4 Å². The first kappa shape index (κ1) is 14.6. The number of aromatic hydroxyl groups is 2. The number of nitro groups is 1. The van der Waals surface area contributed by atoms with Crippen molar-refractivity contribution in [1.29, 1.82) is 0 Å². The molecule has 6 heteroatoms. The first-order chi connectivity index (χ1) is 11.6. The van der Waals surface area contributed by atoms with E-state index in [1.807, 2.05) is 12.1 Å². The zero-order chi connectivity index (χ0) is 16.8. The quantitative estimate of drug-likeness (QED) is 0.338. The second kappa shape index (κ2) is 5.26. The number of non-ortho nitro benzene ring substituents is 1. The largest absolute Gasteiger partial charge is 0.508 e. The van der Waals surface area contributed by atoms with Gasteiger partial charge in [-0.25, -0.2) is 0 Å². The van der Waals surface area contributed by atoms with E-state index in [2.05, 4.69) is 17.5 Å². The van der Waals surface area contributed by atoms with E-state index >= 15 is 0 Å². The smallest absolute Gasteiger partial charge is 0.270 e. The molecule has 0 bridgehead atoms. The fraction of sp³-hybridized carbons (Fsp3) is 0.222. The molecular weight excluding hydrogens is 308 g/mol. The second-order valence-corrected chi connectivity index (χ2v) is 6.22. The molecule has 0 fully saturated rings. The van der Waals surface area contributed by atoms with Gasteiger partial charge in [0, 0.05) is 23.6 Å². The van der Waals surface area contributed by atoms with Gasteiger partial charge in [-0.1, -0.05) is 24.3 Å². The summed E-state index contributed by atoms with van der Waals surface area (Å²) in [6, 6.07) is 9.13. The van der Waals surface area contributed by atoms with Crippen LogP contribution in [-0.4, -0.2) is 15.1 Å². The van der Waals surface area contributed by atoms with Gasteiger partial charge in [0.15, 0.2) is 0 Å². The molecule has 4 rings (SSSR count). The molecule has 0 aromatic heterocycles. The molecule has 3 unspecified atom stereocenters. The van der Waals surface area contributed by atoms with E-state index in [0.717, 1.165) is 12.0 Å². The summed E-state index contributed by atoms with van der Waals surface area (Å²) in [4.78, 5) is 10.6. The lowest BCUT2D eigenvalue weighted by molar-refractivity contribution is -0.385. The van der Waals surface area contributed by atoms with Crippen molar-refractivity contribution in [2.75, 3.05) is 5.32 Å².